The summed E-state index contributed by atoms with van der Waals surface area (Å²) in [6, 6.07) is 2.81. The van der Waals surface area contributed by atoms with Gasteiger partial charge in [0, 0.05) is 0 Å². The number of carboxylic acids is 1. The van der Waals surface area contributed by atoms with Gasteiger partial charge in [-0.25, -0.2) is 9.78 Å². The molecule has 0 spiro atoms. The fraction of sp³-hybridized carbons (Fsp3) is 0.200. The van der Waals surface area contributed by atoms with Crippen molar-refractivity contribution < 1.29 is 36.3 Å². The summed E-state index contributed by atoms with van der Waals surface area (Å²) in [6.07, 6.45) is -5.84. The van der Waals surface area contributed by atoms with E-state index in [2.05, 4.69) is 9.40 Å². The Labute approximate surface area is 101 Å². The molecule has 1 aromatic carbocycles. The maximum absolute atomic E-state index is 13.0. The van der Waals surface area contributed by atoms with Crippen molar-refractivity contribution in [2.24, 2.45) is 0 Å². The number of fused-ring (bicyclic) bond motifs is 1. The SMILES string of the molecule is O=C(O)c1ccc2oc(C(F)(F)C(F)(F)F)nc2c1. The van der Waals surface area contributed by atoms with E-state index in [9.17, 15) is 26.7 Å². The first kappa shape index (κ1) is 13.2. The minimum atomic E-state index is -5.84. The van der Waals surface area contributed by atoms with Crippen LogP contribution in [-0.4, -0.2) is 22.2 Å². The molecule has 0 bridgehead atoms. The van der Waals surface area contributed by atoms with Crippen molar-refractivity contribution in [3.8, 4) is 0 Å². The maximum Gasteiger partial charge on any atom is 0.463 e. The molecule has 0 aliphatic carbocycles. The Bertz CT molecular complexity index is 646. The number of oxazole rings is 1. The number of alkyl halides is 5. The summed E-state index contributed by atoms with van der Waals surface area (Å²) in [5, 5.41) is 8.65. The molecule has 0 amide bonds. The van der Waals surface area contributed by atoms with E-state index in [1.807, 2.05) is 0 Å². The third-order valence-electron chi connectivity index (χ3n) is 2.26. The molecule has 1 heterocycles. The lowest BCUT2D eigenvalue weighted by molar-refractivity contribution is -0.297. The second-order valence-electron chi connectivity index (χ2n) is 3.58. The summed E-state index contributed by atoms with van der Waals surface area (Å²) >= 11 is 0. The zero-order valence-corrected chi connectivity index (χ0v) is 8.83. The van der Waals surface area contributed by atoms with Gasteiger partial charge in [-0.05, 0) is 18.2 Å². The molecule has 0 atom stereocenters. The monoisotopic (exact) mass is 281 g/mol. The molecule has 2 aromatic rings. The van der Waals surface area contributed by atoms with Crippen LogP contribution >= 0.6 is 0 Å². The highest BCUT2D eigenvalue weighted by atomic mass is 19.4. The van der Waals surface area contributed by atoms with Gasteiger partial charge in [0.05, 0.1) is 5.56 Å². The van der Waals surface area contributed by atoms with Gasteiger partial charge in [-0.15, -0.1) is 0 Å². The van der Waals surface area contributed by atoms with Crippen LogP contribution in [0.3, 0.4) is 0 Å². The molecule has 19 heavy (non-hydrogen) atoms. The molecular weight excluding hydrogens is 277 g/mol. The number of aromatic carboxylic acids is 1. The number of rotatable bonds is 2. The first-order chi connectivity index (χ1) is 8.63. The van der Waals surface area contributed by atoms with E-state index in [4.69, 9.17) is 5.11 Å². The van der Waals surface area contributed by atoms with E-state index in [-0.39, 0.29) is 16.7 Å². The molecule has 0 saturated carbocycles. The number of aromatic nitrogens is 1. The molecule has 0 saturated heterocycles. The molecule has 1 N–H and O–H groups in total. The first-order valence-electron chi connectivity index (χ1n) is 4.72. The number of nitrogens with zero attached hydrogens (tertiary/aromatic N) is 1. The molecule has 9 heteroatoms. The Morgan fingerprint density at radius 2 is 1.84 bits per heavy atom. The Kier molecular flexibility index (Phi) is 2.72. The van der Waals surface area contributed by atoms with Crippen molar-refractivity contribution in [2.45, 2.75) is 12.1 Å². The smallest absolute Gasteiger partial charge is 0.463 e. The molecule has 0 unspecified atom stereocenters. The van der Waals surface area contributed by atoms with Crippen molar-refractivity contribution in [3.05, 3.63) is 29.7 Å². The predicted octanol–water partition coefficient (Wildman–Crippen LogP) is 3.18. The Morgan fingerprint density at radius 3 is 2.37 bits per heavy atom. The third-order valence-corrected chi connectivity index (χ3v) is 2.26. The van der Waals surface area contributed by atoms with Crippen molar-refractivity contribution in [1.82, 2.24) is 4.98 Å². The average Bonchev–Trinajstić information content (AvgIpc) is 2.70. The van der Waals surface area contributed by atoms with Gasteiger partial charge in [0.1, 0.15) is 5.52 Å². The highest BCUT2D eigenvalue weighted by Crippen LogP contribution is 2.44. The molecular formula is C10H4F5NO3. The minimum Gasteiger partial charge on any atom is -0.478 e. The molecule has 0 aliphatic rings. The zero-order valence-electron chi connectivity index (χ0n) is 8.83. The van der Waals surface area contributed by atoms with E-state index in [0.717, 1.165) is 18.2 Å². The molecule has 2 rings (SSSR count). The zero-order chi connectivity index (χ0) is 14.4. The summed E-state index contributed by atoms with van der Waals surface area (Å²) in [5.41, 5.74) is -1.05. The lowest BCUT2D eigenvalue weighted by atomic mass is 10.2. The Balaban J connectivity index is 2.56. The molecule has 1 aromatic heterocycles. The molecule has 0 aliphatic heterocycles. The van der Waals surface area contributed by atoms with Gasteiger partial charge in [0.15, 0.2) is 5.58 Å². The predicted molar refractivity (Wildman–Crippen MR) is 50.9 cm³/mol. The van der Waals surface area contributed by atoms with Crippen LogP contribution in [0.1, 0.15) is 16.2 Å². The van der Waals surface area contributed by atoms with Gasteiger partial charge in [0.2, 0.25) is 0 Å². The van der Waals surface area contributed by atoms with Crippen LogP contribution in [0.2, 0.25) is 0 Å². The number of carboxylic acid groups (broad SMARTS) is 1. The Hall–Kier alpha value is -2.19. The normalized spacial score (nSPS) is 12.9. The van der Waals surface area contributed by atoms with Crippen molar-refractivity contribution in [3.63, 3.8) is 0 Å². The fourth-order valence-corrected chi connectivity index (χ4v) is 1.32. The van der Waals surface area contributed by atoms with Crippen molar-refractivity contribution >= 4 is 17.1 Å². The molecule has 0 radical (unpaired) electrons. The van der Waals surface area contributed by atoms with E-state index >= 15 is 0 Å². The van der Waals surface area contributed by atoms with Crippen molar-refractivity contribution in [1.29, 1.82) is 0 Å². The van der Waals surface area contributed by atoms with Gasteiger partial charge in [0.25, 0.3) is 5.89 Å². The lowest BCUT2D eigenvalue weighted by Crippen LogP contribution is -2.33. The van der Waals surface area contributed by atoms with Crippen LogP contribution in [0.5, 0.6) is 0 Å². The summed E-state index contributed by atoms with van der Waals surface area (Å²) in [5.74, 6) is -8.43. The average molecular weight is 281 g/mol. The van der Waals surface area contributed by atoms with Crippen LogP contribution in [0.25, 0.3) is 11.1 Å². The number of halogens is 5. The van der Waals surface area contributed by atoms with E-state index in [1.54, 1.807) is 0 Å². The first-order valence-corrected chi connectivity index (χ1v) is 4.72. The topological polar surface area (TPSA) is 63.3 Å². The summed E-state index contributed by atoms with van der Waals surface area (Å²) in [7, 11) is 0. The number of benzene rings is 1. The van der Waals surface area contributed by atoms with Gasteiger partial charge in [-0.3, -0.25) is 0 Å². The molecule has 0 fully saturated rings. The molecule has 102 valence electrons. The van der Waals surface area contributed by atoms with Gasteiger partial charge in [-0.2, -0.15) is 22.0 Å². The largest absolute Gasteiger partial charge is 0.478 e. The van der Waals surface area contributed by atoms with Gasteiger partial charge in [-0.1, -0.05) is 0 Å². The second-order valence-corrected chi connectivity index (χ2v) is 3.58. The van der Waals surface area contributed by atoms with E-state index in [1.165, 1.54) is 0 Å². The third kappa shape index (κ3) is 2.11. The van der Waals surface area contributed by atoms with Gasteiger partial charge < -0.3 is 9.52 Å². The van der Waals surface area contributed by atoms with Crippen LogP contribution < -0.4 is 0 Å². The number of carbonyl (C=O) groups is 1. The highest BCUT2D eigenvalue weighted by Gasteiger charge is 2.62. The Morgan fingerprint density at radius 1 is 1.21 bits per heavy atom. The summed E-state index contributed by atoms with van der Waals surface area (Å²) in [4.78, 5) is 13.6. The van der Waals surface area contributed by atoms with Crippen molar-refractivity contribution in [2.75, 3.05) is 0 Å². The summed E-state index contributed by atoms with van der Waals surface area (Å²) < 4.78 is 66.6. The maximum atomic E-state index is 13.0. The van der Waals surface area contributed by atoms with E-state index < -0.39 is 24.0 Å². The summed E-state index contributed by atoms with van der Waals surface area (Å²) in [6.45, 7) is 0. The minimum absolute atomic E-state index is 0.303. The standard InChI is InChI=1S/C10H4F5NO3/c11-9(12,10(13,14)15)8-16-5-3-4(7(17)18)1-2-6(5)19-8/h1-3H,(H,17,18). The highest BCUT2D eigenvalue weighted by molar-refractivity contribution is 5.91. The van der Waals surface area contributed by atoms with Crippen LogP contribution in [0, 0.1) is 0 Å². The number of hydrogen-bond donors (Lipinski definition) is 1. The van der Waals surface area contributed by atoms with Gasteiger partial charge >= 0.3 is 18.1 Å². The van der Waals surface area contributed by atoms with Crippen LogP contribution in [-0.2, 0) is 5.92 Å². The number of hydrogen-bond acceptors (Lipinski definition) is 3. The van der Waals surface area contributed by atoms with E-state index in [0.29, 0.717) is 0 Å². The second kappa shape index (κ2) is 3.90. The molecule has 4 nitrogen and oxygen atoms in total. The quantitative estimate of drug-likeness (QED) is 0.859. The fourth-order valence-electron chi connectivity index (χ4n) is 1.32. The van der Waals surface area contributed by atoms with Crippen LogP contribution in [0.15, 0.2) is 22.6 Å². The van der Waals surface area contributed by atoms with Crippen LogP contribution in [0.4, 0.5) is 22.0 Å². The lowest BCUT2D eigenvalue weighted by Gasteiger charge is -2.15.